The van der Waals surface area contributed by atoms with E-state index in [0.717, 1.165) is 59.5 Å². The fourth-order valence-corrected chi connectivity index (χ4v) is 6.77. The lowest BCUT2D eigenvalue weighted by Gasteiger charge is -2.42. The molecule has 2 aromatic carbocycles. The van der Waals surface area contributed by atoms with E-state index in [1.54, 1.807) is 0 Å². The zero-order valence-electron chi connectivity index (χ0n) is 26.7. The van der Waals surface area contributed by atoms with Gasteiger partial charge in [0.25, 0.3) is 0 Å². The molecule has 0 N–H and O–H groups in total. The molecule has 0 radical (unpaired) electrons. The molecule has 1 aromatic heterocycles. The van der Waals surface area contributed by atoms with Gasteiger partial charge in [-0.1, -0.05) is 42.4 Å². The highest BCUT2D eigenvalue weighted by Gasteiger charge is 2.33. The van der Waals surface area contributed by atoms with Crippen LogP contribution in [0.4, 0.5) is 11.5 Å². The first-order chi connectivity index (χ1) is 21.7. The number of carbonyl (C=O) groups excluding carboxylic acids is 1. The molecular formula is C32H36ClN7O2. The van der Waals surface area contributed by atoms with Gasteiger partial charge in [-0.25, -0.2) is 0 Å². The summed E-state index contributed by atoms with van der Waals surface area (Å²) in [4.78, 5) is 30.9. The SMILES string of the molecule is [2H]C([2H])=C([2H])C(=O)N1CCN(c2nc(OC[C@@H]3CCCN3C)nc3c2CCN(c2cccc4cccc(Cl)c24)C3)C[C@@H]1CC#N. The van der Waals surface area contributed by atoms with Crippen molar-refractivity contribution >= 4 is 39.8 Å². The van der Waals surface area contributed by atoms with Gasteiger partial charge in [-0.2, -0.15) is 15.2 Å². The number of piperazine rings is 1. The van der Waals surface area contributed by atoms with Crippen LogP contribution in [0.25, 0.3) is 10.8 Å². The number of halogens is 1. The Morgan fingerprint density at radius 2 is 2.07 bits per heavy atom. The van der Waals surface area contributed by atoms with Gasteiger partial charge < -0.3 is 24.3 Å². The van der Waals surface area contributed by atoms with Crippen molar-refractivity contribution in [2.45, 2.75) is 44.3 Å². The third kappa shape index (κ3) is 5.49. The van der Waals surface area contributed by atoms with E-state index in [0.29, 0.717) is 49.7 Å². The van der Waals surface area contributed by atoms with Crippen molar-refractivity contribution in [2.24, 2.45) is 0 Å². The zero-order valence-corrected chi connectivity index (χ0v) is 24.5. The summed E-state index contributed by atoms with van der Waals surface area (Å²) in [5.74, 6) is 0.0393. The Hall–Kier alpha value is -3.87. The summed E-state index contributed by atoms with van der Waals surface area (Å²) in [5, 5.41) is 12.4. The molecule has 1 amide bonds. The number of amides is 1. The van der Waals surface area contributed by atoms with Crippen LogP contribution in [0.15, 0.2) is 49.0 Å². The molecule has 6 rings (SSSR count). The van der Waals surface area contributed by atoms with Gasteiger partial charge in [0.2, 0.25) is 5.91 Å². The Balaban J connectivity index is 1.33. The minimum absolute atomic E-state index is 0.0567. The molecule has 2 saturated heterocycles. The van der Waals surface area contributed by atoms with Crippen molar-refractivity contribution in [3.8, 4) is 12.1 Å². The highest BCUT2D eigenvalue weighted by Crippen LogP contribution is 2.37. The first-order valence-corrected chi connectivity index (χ1v) is 14.8. The van der Waals surface area contributed by atoms with Crippen LogP contribution in [0.3, 0.4) is 0 Å². The maximum Gasteiger partial charge on any atom is 0.318 e. The topological polar surface area (TPSA) is 88.8 Å². The minimum Gasteiger partial charge on any atom is -0.462 e. The number of hydrogen-bond donors (Lipinski definition) is 0. The Morgan fingerprint density at radius 1 is 1.21 bits per heavy atom. The smallest absolute Gasteiger partial charge is 0.318 e. The number of likely N-dealkylation sites (tertiary alicyclic amines) is 1. The number of rotatable bonds is 7. The molecule has 0 saturated carbocycles. The molecule has 0 aliphatic carbocycles. The van der Waals surface area contributed by atoms with Gasteiger partial charge in [0.05, 0.1) is 39.9 Å². The number of aromatic nitrogens is 2. The van der Waals surface area contributed by atoms with Crippen molar-refractivity contribution in [1.82, 2.24) is 19.8 Å². The van der Waals surface area contributed by atoms with Gasteiger partial charge >= 0.3 is 6.01 Å². The summed E-state index contributed by atoms with van der Waals surface area (Å²) in [7, 11) is 2.10. The van der Waals surface area contributed by atoms with Crippen LogP contribution >= 0.6 is 11.6 Å². The van der Waals surface area contributed by atoms with Gasteiger partial charge in [0.15, 0.2) is 0 Å². The van der Waals surface area contributed by atoms with Crippen molar-refractivity contribution in [3.05, 3.63) is 65.3 Å². The van der Waals surface area contributed by atoms with Gasteiger partial charge in [-0.05, 0) is 56.4 Å². The van der Waals surface area contributed by atoms with Crippen LogP contribution in [0.2, 0.25) is 5.02 Å². The van der Waals surface area contributed by atoms with Gasteiger partial charge in [-0.3, -0.25) is 4.79 Å². The molecule has 2 fully saturated rings. The van der Waals surface area contributed by atoms with Gasteiger partial charge in [-0.15, -0.1) is 0 Å². The lowest BCUT2D eigenvalue weighted by Crippen LogP contribution is -2.55. The predicted molar refractivity (Wildman–Crippen MR) is 165 cm³/mol. The van der Waals surface area contributed by atoms with E-state index in [-0.39, 0.29) is 13.0 Å². The van der Waals surface area contributed by atoms with Crippen LogP contribution in [-0.4, -0.2) is 84.1 Å². The normalized spacial score (nSPS) is 21.7. The molecule has 4 heterocycles. The average Bonchev–Trinajstić information content (AvgIpc) is 3.46. The highest BCUT2D eigenvalue weighted by atomic mass is 35.5. The lowest BCUT2D eigenvalue weighted by molar-refractivity contribution is -0.128. The molecule has 2 atom stereocenters. The van der Waals surface area contributed by atoms with Crippen LogP contribution in [0, 0.1) is 11.3 Å². The van der Waals surface area contributed by atoms with Crippen LogP contribution < -0.4 is 14.5 Å². The number of fused-ring (bicyclic) bond motifs is 2. The zero-order chi connectivity index (χ0) is 31.7. The fraction of sp³-hybridized carbons (Fsp3) is 0.438. The van der Waals surface area contributed by atoms with E-state index in [9.17, 15) is 10.1 Å². The fourth-order valence-electron chi connectivity index (χ4n) is 6.49. The van der Waals surface area contributed by atoms with Crippen LogP contribution in [-0.2, 0) is 17.8 Å². The Bertz CT molecular complexity index is 1670. The summed E-state index contributed by atoms with van der Waals surface area (Å²) < 4.78 is 29.1. The van der Waals surface area contributed by atoms with E-state index in [4.69, 9.17) is 30.4 Å². The quantitative estimate of drug-likeness (QED) is 0.375. The van der Waals surface area contributed by atoms with E-state index in [1.807, 2.05) is 18.2 Å². The molecule has 9 nitrogen and oxygen atoms in total. The van der Waals surface area contributed by atoms with Gasteiger partial charge in [0.1, 0.15) is 12.4 Å². The Morgan fingerprint density at radius 3 is 2.86 bits per heavy atom. The highest BCUT2D eigenvalue weighted by molar-refractivity contribution is 6.36. The molecular weight excluding hydrogens is 550 g/mol. The molecule has 3 aromatic rings. The Labute approximate surface area is 256 Å². The molecule has 3 aliphatic heterocycles. The van der Waals surface area contributed by atoms with Crippen molar-refractivity contribution < 1.29 is 13.6 Å². The standard InChI is InChI=1S/C32H36ClN7O2/c1-3-29(41)40-18-17-39(19-23(40)12-14-34)31-25-13-16-38(28-11-5-8-22-7-4-10-26(33)30(22)28)20-27(25)35-32(36-31)42-21-24-9-6-15-37(24)2/h3-5,7-8,10-11,23-24H,1,6,9,12-13,15-21H2,2H3/t23-,24-/m0/s1/i1D2,3D. The number of nitriles is 1. The third-order valence-corrected chi connectivity index (χ3v) is 9.06. The summed E-state index contributed by atoms with van der Waals surface area (Å²) in [5.41, 5.74) is 2.92. The molecule has 3 aliphatic rings. The summed E-state index contributed by atoms with van der Waals surface area (Å²) in [6.07, 6.45) is 2.92. The Kier molecular flexibility index (Phi) is 7.15. The second-order valence-corrected chi connectivity index (χ2v) is 11.6. The number of ether oxygens (including phenoxy) is 1. The summed E-state index contributed by atoms with van der Waals surface area (Å²) in [6.45, 7) is 2.93. The second kappa shape index (κ2) is 12.2. The van der Waals surface area contributed by atoms with Gasteiger partial charge in [0, 0.05) is 48.9 Å². The second-order valence-electron chi connectivity index (χ2n) is 11.2. The van der Waals surface area contributed by atoms with E-state index in [1.165, 1.54) is 4.90 Å². The van der Waals surface area contributed by atoms with E-state index in [2.05, 4.69) is 46.0 Å². The number of benzene rings is 2. The first kappa shape index (κ1) is 24.7. The number of hydrogen-bond acceptors (Lipinski definition) is 8. The number of carbonyl (C=O) groups is 1. The summed E-state index contributed by atoms with van der Waals surface area (Å²) in [6, 6.07) is 13.7. The van der Waals surface area contributed by atoms with Crippen molar-refractivity contribution in [2.75, 3.05) is 56.2 Å². The lowest BCUT2D eigenvalue weighted by atomic mass is 10.0. The van der Waals surface area contributed by atoms with E-state index < -0.39 is 24.5 Å². The maximum absolute atomic E-state index is 12.9. The molecule has 0 spiro atoms. The molecule has 42 heavy (non-hydrogen) atoms. The van der Waals surface area contributed by atoms with Crippen molar-refractivity contribution in [1.29, 1.82) is 5.26 Å². The molecule has 218 valence electrons. The van der Waals surface area contributed by atoms with Crippen LogP contribution in [0.1, 0.15) is 34.6 Å². The molecule has 0 unspecified atom stereocenters. The predicted octanol–water partition coefficient (Wildman–Crippen LogP) is 4.44. The van der Waals surface area contributed by atoms with E-state index >= 15 is 0 Å². The maximum atomic E-state index is 12.9. The number of anilines is 2. The first-order valence-electron chi connectivity index (χ1n) is 16.0. The number of nitrogens with zero attached hydrogens (tertiary/aromatic N) is 7. The monoisotopic (exact) mass is 588 g/mol. The largest absolute Gasteiger partial charge is 0.462 e. The minimum atomic E-state index is -0.838. The molecule has 10 heteroatoms. The number of likely N-dealkylation sites (N-methyl/N-ethyl adjacent to an activating group) is 1. The van der Waals surface area contributed by atoms with Crippen LogP contribution in [0.5, 0.6) is 6.01 Å². The third-order valence-electron chi connectivity index (χ3n) is 8.75. The van der Waals surface area contributed by atoms with Crippen molar-refractivity contribution in [3.63, 3.8) is 0 Å². The summed E-state index contributed by atoms with van der Waals surface area (Å²) >= 11 is 6.69. The average molecular weight is 589 g/mol. The molecule has 0 bridgehead atoms.